The third kappa shape index (κ3) is 3.31. The van der Waals surface area contributed by atoms with Crippen molar-refractivity contribution in [3.8, 4) is 0 Å². The lowest BCUT2D eigenvalue weighted by molar-refractivity contribution is 0.00940. The predicted molar refractivity (Wildman–Crippen MR) is 79.2 cm³/mol. The van der Waals surface area contributed by atoms with Crippen LogP contribution in [0, 0.1) is 0 Å². The maximum absolute atomic E-state index is 12.5. The molecule has 0 bridgehead atoms. The van der Waals surface area contributed by atoms with E-state index in [1.807, 2.05) is 6.92 Å². The number of benzene rings is 1. The van der Waals surface area contributed by atoms with Gasteiger partial charge in [-0.1, -0.05) is 0 Å². The van der Waals surface area contributed by atoms with Gasteiger partial charge in [-0.15, -0.1) is 0 Å². The maximum Gasteiger partial charge on any atom is 0.243 e. The molecule has 1 saturated heterocycles. The van der Waals surface area contributed by atoms with Gasteiger partial charge in [0.15, 0.2) is 0 Å². The smallest absolute Gasteiger partial charge is 0.243 e. The molecule has 1 aliphatic rings. The number of sulfonamides is 1. The number of nitrogens with one attached hydrogen (secondary N) is 1. The van der Waals surface area contributed by atoms with Crippen LogP contribution in [0.4, 0.5) is 5.69 Å². The van der Waals surface area contributed by atoms with Crippen LogP contribution in [0.5, 0.6) is 0 Å². The molecule has 6 heteroatoms. The van der Waals surface area contributed by atoms with Crippen LogP contribution >= 0.6 is 0 Å². The van der Waals surface area contributed by atoms with Gasteiger partial charge in [-0.2, -0.15) is 4.31 Å². The van der Waals surface area contributed by atoms with E-state index in [9.17, 15) is 13.5 Å². The molecule has 0 spiro atoms. The van der Waals surface area contributed by atoms with Crippen LogP contribution in [0.2, 0.25) is 0 Å². The summed E-state index contributed by atoms with van der Waals surface area (Å²) in [6.07, 6.45) is 1.32. The van der Waals surface area contributed by atoms with Gasteiger partial charge in [0.25, 0.3) is 0 Å². The van der Waals surface area contributed by atoms with Crippen molar-refractivity contribution in [2.24, 2.45) is 0 Å². The van der Waals surface area contributed by atoms with Crippen LogP contribution in [0.3, 0.4) is 0 Å². The van der Waals surface area contributed by atoms with E-state index in [4.69, 9.17) is 0 Å². The average Bonchev–Trinajstić information content (AvgIpc) is 2.38. The zero-order chi connectivity index (χ0) is 14.8. The van der Waals surface area contributed by atoms with Crippen LogP contribution in [0.25, 0.3) is 0 Å². The molecule has 5 nitrogen and oxygen atoms in total. The Bertz CT molecular complexity index is 552. The molecular formula is C14H22N2O3S. The molecule has 0 aliphatic carbocycles. The van der Waals surface area contributed by atoms with E-state index in [1.54, 1.807) is 31.2 Å². The number of hydrogen-bond donors (Lipinski definition) is 2. The molecule has 1 unspecified atom stereocenters. The zero-order valence-electron chi connectivity index (χ0n) is 12.0. The highest BCUT2D eigenvalue weighted by atomic mass is 32.2. The number of rotatable bonds is 4. The Morgan fingerprint density at radius 2 is 2.00 bits per heavy atom. The molecule has 112 valence electrons. The summed E-state index contributed by atoms with van der Waals surface area (Å²) in [5.41, 5.74) is -0.0354. The van der Waals surface area contributed by atoms with Gasteiger partial charge in [-0.3, -0.25) is 0 Å². The summed E-state index contributed by atoms with van der Waals surface area (Å²) < 4.78 is 26.5. The fraction of sp³-hybridized carbons (Fsp3) is 0.571. The number of β-amino-alcohol motifs (C(OH)–C–C–N with tert-alkyl or cyclic N) is 1. The van der Waals surface area contributed by atoms with Crippen molar-refractivity contribution < 1.29 is 13.5 Å². The number of aliphatic hydroxyl groups is 1. The van der Waals surface area contributed by atoms with Crippen LogP contribution in [0.15, 0.2) is 29.2 Å². The first-order valence-electron chi connectivity index (χ1n) is 6.92. The lowest BCUT2D eigenvalue weighted by Gasteiger charge is -2.35. The van der Waals surface area contributed by atoms with Crippen molar-refractivity contribution in [1.82, 2.24) is 4.31 Å². The van der Waals surface area contributed by atoms with Crippen molar-refractivity contribution in [3.05, 3.63) is 24.3 Å². The molecule has 20 heavy (non-hydrogen) atoms. The SMILES string of the molecule is CCNc1ccc(S(=O)(=O)N2CCCC(C)(O)C2)cc1. The lowest BCUT2D eigenvalue weighted by atomic mass is 9.97. The zero-order valence-corrected chi connectivity index (χ0v) is 12.8. The Kier molecular flexibility index (Phi) is 4.36. The quantitative estimate of drug-likeness (QED) is 0.887. The second-order valence-electron chi connectivity index (χ2n) is 5.49. The fourth-order valence-electron chi connectivity index (χ4n) is 2.48. The summed E-state index contributed by atoms with van der Waals surface area (Å²) in [7, 11) is -3.52. The molecule has 1 atom stereocenters. The molecular weight excluding hydrogens is 276 g/mol. The van der Waals surface area contributed by atoms with Crippen molar-refractivity contribution in [1.29, 1.82) is 0 Å². The van der Waals surface area contributed by atoms with Crippen LogP contribution in [-0.2, 0) is 10.0 Å². The van der Waals surface area contributed by atoms with Gasteiger partial charge in [0.05, 0.1) is 10.5 Å². The van der Waals surface area contributed by atoms with Crippen LogP contribution in [-0.4, -0.2) is 43.1 Å². The molecule has 2 rings (SSSR count). The topological polar surface area (TPSA) is 69.6 Å². The first-order valence-corrected chi connectivity index (χ1v) is 8.36. The van der Waals surface area contributed by atoms with Crippen molar-refractivity contribution in [2.45, 2.75) is 37.2 Å². The van der Waals surface area contributed by atoms with Gasteiger partial charge < -0.3 is 10.4 Å². The molecule has 0 amide bonds. The first-order chi connectivity index (χ1) is 9.35. The highest BCUT2D eigenvalue weighted by Crippen LogP contribution is 2.26. The average molecular weight is 298 g/mol. The Labute approximate surface area is 120 Å². The van der Waals surface area contributed by atoms with E-state index in [2.05, 4.69) is 5.32 Å². The van der Waals surface area contributed by atoms with Crippen LogP contribution in [0.1, 0.15) is 26.7 Å². The third-order valence-electron chi connectivity index (χ3n) is 3.51. The monoisotopic (exact) mass is 298 g/mol. The molecule has 1 fully saturated rings. The maximum atomic E-state index is 12.5. The summed E-state index contributed by atoms with van der Waals surface area (Å²) in [4.78, 5) is 0.275. The van der Waals surface area contributed by atoms with Gasteiger partial charge in [-0.05, 0) is 51.0 Å². The minimum atomic E-state index is -3.52. The second kappa shape index (κ2) is 5.71. The number of nitrogens with zero attached hydrogens (tertiary/aromatic N) is 1. The van der Waals surface area contributed by atoms with Gasteiger partial charge in [-0.25, -0.2) is 8.42 Å². The Morgan fingerprint density at radius 3 is 2.55 bits per heavy atom. The summed E-state index contributed by atoms with van der Waals surface area (Å²) in [6.45, 7) is 5.09. The molecule has 1 aromatic rings. The minimum absolute atomic E-state index is 0.157. The second-order valence-corrected chi connectivity index (χ2v) is 7.43. The number of anilines is 1. The van der Waals surface area contributed by atoms with Crippen molar-refractivity contribution in [3.63, 3.8) is 0 Å². The lowest BCUT2D eigenvalue weighted by Crippen LogP contribution is -2.48. The third-order valence-corrected chi connectivity index (χ3v) is 5.37. The summed E-state index contributed by atoms with van der Waals surface area (Å²) in [5, 5.41) is 13.2. The summed E-state index contributed by atoms with van der Waals surface area (Å²) in [5.74, 6) is 0. The van der Waals surface area contributed by atoms with Gasteiger partial charge in [0, 0.05) is 25.3 Å². The van der Waals surface area contributed by atoms with E-state index < -0.39 is 15.6 Å². The Morgan fingerprint density at radius 1 is 1.35 bits per heavy atom. The van der Waals surface area contributed by atoms with E-state index in [0.717, 1.165) is 12.2 Å². The fourth-order valence-corrected chi connectivity index (χ4v) is 4.07. The van der Waals surface area contributed by atoms with E-state index in [-0.39, 0.29) is 11.4 Å². The minimum Gasteiger partial charge on any atom is -0.389 e. The van der Waals surface area contributed by atoms with Gasteiger partial charge >= 0.3 is 0 Å². The predicted octanol–water partition coefficient (Wildman–Crippen LogP) is 1.65. The summed E-state index contributed by atoms with van der Waals surface area (Å²) in [6, 6.07) is 6.74. The molecule has 0 aromatic heterocycles. The summed E-state index contributed by atoms with van der Waals surface area (Å²) >= 11 is 0. The molecule has 1 aromatic carbocycles. The Hall–Kier alpha value is -1.11. The number of piperidine rings is 1. The van der Waals surface area contributed by atoms with Gasteiger partial charge in [0.2, 0.25) is 10.0 Å². The van der Waals surface area contributed by atoms with E-state index in [0.29, 0.717) is 19.4 Å². The molecule has 0 saturated carbocycles. The standard InChI is InChI=1S/C14H22N2O3S/c1-3-15-12-5-7-13(8-6-12)20(18,19)16-10-4-9-14(2,17)11-16/h5-8,15,17H,3-4,9-11H2,1-2H3. The largest absolute Gasteiger partial charge is 0.389 e. The van der Waals surface area contributed by atoms with E-state index in [1.165, 1.54) is 4.31 Å². The molecule has 2 N–H and O–H groups in total. The van der Waals surface area contributed by atoms with Crippen LogP contribution < -0.4 is 5.32 Å². The highest BCUT2D eigenvalue weighted by molar-refractivity contribution is 7.89. The molecule has 0 radical (unpaired) electrons. The normalized spacial score (nSPS) is 24.6. The first kappa shape index (κ1) is 15.3. The number of hydrogen-bond acceptors (Lipinski definition) is 4. The molecule has 1 heterocycles. The molecule has 1 aliphatic heterocycles. The van der Waals surface area contributed by atoms with Crippen molar-refractivity contribution >= 4 is 15.7 Å². The Balaban J connectivity index is 2.21. The van der Waals surface area contributed by atoms with Gasteiger partial charge in [0.1, 0.15) is 0 Å². The van der Waals surface area contributed by atoms with E-state index >= 15 is 0 Å². The van der Waals surface area contributed by atoms with Crippen molar-refractivity contribution in [2.75, 3.05) is 25.0 Å². The highest BCUT2D eigenvalue weighted by Gasteiger charge is 2.35.